The average Bonchev–Trinajstić information content (AvgIpc) is 3.07. The molecule has 0 aliphatic carbocycles. The minimum absolute atomic E-state index is 0. The van der Waals surface area contributed by atoms with Crippen molar-refractivity contribution < 1.29 is 19.1 Å². The van der Waals surface area contributed by atoms with E-state index in [0.717, 1.165) is 42.9 Å². The van der Waals surface area contributed by atoms with Crippen molar-refractivity contribution in [1.29, 1.82) is 0 Å². The highest BCUT2D eigenvalue weighted by Crippen LogP contribution is 2.37. The van der Waals surface area contributed by atoms with Crippen molar-refractivity contribution in [2.45, 2.75) is 40.2 Å². The molecule has 7 nitrogen and oxygen atoms in total. The van der Waals surface area contributed by atoms with Gasteiger partial charge in [0.15, 0.2) is 11.5 Å². The number of halogens is 1. The fourth-order valence-electron chi connectivity index (χ4n) is 3.68. The van der Waals surface area contributed by atoms with Gasteiger partial charge in [-0.05, 0) is 57.0 Å². The number of benzene rings is 1. The molecule has 9 heteroatoms. The number of anilines is 1. The normalized spacial score (nSPS) is 13.1. The molecule has 2 heterocycles. The van der Waals surface area contributed by atoms with Crippen molar-refractivity contribution in [3.63, 3.8) is 0 Å². The van der Waals surface area contributed by atoms with Gasteiger partial charge in [0, 0.05) is 23.5 Å². The van der Waals surface area contributed by atoms with E-state index in [1.54, 1.807) is 18.2 Å². The minimum atomic E-state index is -0.506. The zero-order valence-electron chi connectivity index (χ0n) is 18.2. The van der Waals surface area contributed by atoms with Crippen LogP contribution in [-0.4, -0.2) is 43.0 Å². The van der Waals surface area contributed by atoms with Crippen LogP contribution in [0.2, 0.25) is 0 Å². The Hall–Kier alpha value is -2.29. The topological polar surface area (TPSA) is 93.9 Å². The van der Waals surface area contributed by atoms with Gasteiger partial charge in [0.2, 0.25) is 0 Å². The third kappa shape index (κ3) is 5.70. The number of hydrogen-bond acceptors (Lipinski definition) is 6. The first-order valence-corrected chi connectivity index (χ1v) is 11.2. The standard InChI is InChI=1S/C22H29N3O4S.ClH/c1-4-10-25-11-9-15-18(13-25)30-22(19(15)20(23)26)24-21(27)14-7-8-16(28-5-2)17(12-14)29-6-3;/h7-8,12H,4-6,9-11,13H2,1-3H3,(H2,23,26)(H,24,27);1H. The summed E-state index contributed by atoms with van der Waals surface area (Å²) in [6.07, 6.45) is 1.84. The van der Waals surface area contributed by atoms with E-state index in [4.69, 9.17) is 15.2 Å². The third-order valence-corrected chi connectivity index (χ3v) is 6.09. The highest BCUT2D eigenvalue weighted by Gasteiger charge is 2.27. The number of thiophene rings is 1. The zero-order valence-corrected chi connectivity index (χ0v) is 19.8. The Labute approximate surface area is 193 Å². The molecule has 0 radical (unpaired) electrons. The van der Waals surface area contributed by atoms with Crippen molar-refractivity contribution >= 4 is 40.6 Å². The van der Waals surface area contributed by atoms with Gasteiger partial charge in [0.05, 0.1) is 18.8 Å². The van der Waals surface area contributed by atoms with Gasteiger partial charge < -0.3 is 20.5 Å². The fourth-order valence-corrected chi connectivity index (χ4v) is 4.97. The summed E-state index contributed by atoms with van der Waals surface area (Å²) in [5, 5.41) is 3.41. The number of ether oxygens (including phenoxy) is 2. The first kappa shape index (κ1) is 25.0. The summed E-state index contributed by atoms with van der Waals surface area (Å²) < 4.78 is 11.2. The molecule has 2 aromatic rings. The predicted molar refractivity (Wildman–Crippen MR) is 126 cm³/mol. The third-order valence-electron chi connectivity index (χ3n) is 4.95. The van der Waals surface area contributed by atoms with Crippen LogP contribution in [0.1, 0.15) is 58.3 Å². The number of nitrogens with one attached hydrogen (secondary N) is 1. The lowest BCUT2D eigenvalue weighted by Crippen LogP contribution is -2.31. The zero-order chi connectivity index (χ0) is 21.7. The van der Waals surface area contributed by atoms with Gasteiger partial charge in [0.1, 0.15) is 5.00 Å². The van der Waals surface area contributed by atoms with Crippen molar-refractivity contribution in [2.75, 3.05) is 31.6 Å². The van der Waals surface area contributed by atoms with Gasteiger partial charge in [0.25, 0.3) is 11.8 Å². The van der Waals surface area contributed by atoms with E-state index in [1.165, 1.54) is 11.3 Å². The second-order valence-corrected chi connectivity index (χ2v) is 8.19. The fraction of sp³-hybridized carbons (Fsp3) is 0.455. The molecular formula is C22H30ClN3O4S. The molecule has 170 valence electrons. The van der Waals surface area contributed by atoms with E-state index in [9.17, 15) is 9.59 Å². The lowest BCUT2D eigenvalue weighted by Gasteiger charge is -2.26. The molecule has 0 unspecified atom stereocenters. The molecule has 0 atom stereocenters. The van der Waals surface area contributed by atoms with E-state index in [-0.39, 0.29) is 18.3 Å². The maximum atomic E-state index is 12.9. The van der Waals surface area contributed by atoms with Crippen LogP contribution in [0.15, 0.2) is 18.2 Å². The molecule has 0 saturated heterocycles. The van der Waals surface area contributed by atoms with Gasteiger partial charge in [-0.25, -0.2) is 0 Å². The highest BCUT2D eigenvalue weighted by molar-refractivity contribution is 7.17. The molecule has 0 bridgehead atoms. The van der Waals surface area contributed by atoms with E-state index >= 15 is 0 Å². The smallest absolute Gasteiger partial charge is 0.256 e. The number of primary amides is 1. The molecule has 3 N–H and O–H groups in total. The number of nitrogens with zero attached hydrogens (tertiary/aromatic N) is 1. The van der Waals surface area contributed by atoms with Crippen molar-refractivity contribution in [3.05, 3.63) is 39.8 Å². The van der Waals surface area contributed by atoms with Gasteiger partial charge in [-0.15, -0.1) is 23.7 Å². The summed E-state index contributed by atoms with van der Waals surface area (Å²) in [5.41, 5.74) is 7.51. The first-order chi connectivity index (χ1) is 14.5. The molecule has 31 heavy (non-hydrogen) atoms. The molecule has 1 aromatic heterocycles. The molecular weight excluding hydrogens is 438 g/mol. The Morgan fingerprint density at radius 2 is 1.87 bits per heavy atom. The Balaban J connectivity index is 0.00000341. The number of carbonyl (C=O) groups excluding carboxylic acids is 2. The maximum absolute atomic E-state index is 12.9. The summed E-state index contributed by atoms with van der Waals surface area (Å²) >= 11 is 1.44. The summed E-state index contributed by atoms with van der Waals surface area (Å²) in [7, 11) is 0. The second kappa shape index (κ2) is 11.4. The van der Waals surface area contributed by atoms with Crippen LogP contribution in [0.25, 0.3) is 0 Å². The number of rotatable bonds is 9. The maximum Gasteiger partial charge on any atom is 0.256 e. The first-order valence-electron chi connectivity index (χ1n) is 10.4. The van der Waals surface area contributed by atoms with Crippen LogP contribution >= 0.6 is 23.7 Å². The Morgan fingerprint density at radius 3 is 2.52 bits per heavy atom. The largest absolute Gasteiger partial charge is 0.490 e. The van der Waals surface area contributed by atoms with Crippen LogP contribution in [0.3, 0.4) is 0 Å². The molecule has 2 amide bonds. The lowest BCUT2D eigenvalue weighted by atomic mass is 10.0. The van der Waals surface area contributed by atoms with Crippen molar-refractivity contribution in [2.24, 2.45) is 5.73 Å². The SMILES string of the molecule is CCCN1CCc2c(sc(NC(=O)c3ccc(OCC)c(OCC)c3)c2C(N)=O)C1.Cl. The molecule has 0 saturated carbocycles. The minimum Gasteiger partial charge on any atom is -0.490 e. The quantitative estimate of drug-likeness (QED) is 0.579. The number of fused-ring (bicyclic) bond motifs is 1. The van der Waals surface area contributed by atoms with E-state index < -0.39 is 5.91 Å². The molecule has 1 aliphatic heterocycles. The average molecular weight is 468 g/mol. The lowest BCUT2D eigenvalue weighted by molar-refractivity contribution is 0.1000. The summed E-state index contributed by atoms with van der Waals surface area (Å²) in [6.45, 7) is 9.56. The second-order valence-electron chi connectivity index (χ2n) is 7.08. The molecule has 3 rings (SSSR count). The van der Waals surface area contributed by atoms with Crippen LogP contribution in [0.5, 0.6) is 11.5 Å². The van der Waals surface area contributed by atoms with Gasteiger partial charge >= 0.3 is 0 Å². The molecule has 0 spiro atoms. The summed E-state index contributed by atoms with van der Waals surface area (Å²) in [4.78, 5) is 28.5. The van der Waals surface area contributed by atoms with E-state index in [2.05, 4.69) is 17.1 Å². The van der Waals surface area contributed by atoms with Crippen molar-refractivity contribution in [1.82, 2.24) is 4.90 Å². The molecule has 0 fully saturated rings. The number of amides is 2. The molecule has 1 aromatic carbocycles. The summed E-state index contributed by atoms with van der Waals surface area (Å²) in [5.74, 6) is 0.290. The van der Waals surface area contributed by atoms with Crippen LogP contribution in [0.4, 0.5) is 5.00 Å². The number of nitrogens with two attached hydrogens (primary N) is 1. The van der Waals surface area contributed by atoms with Gasteiger partial charge in [-0.2, -0.15) is 0 Å². The summed E-state index contributed by atoms with van der Waals surface area (Å²) in [6, 6.07) is 5.06. The monoisotopic (exact) mass is 467 g/mol. The van der Waals surface area contributed by atoms with E-state index in [0.29, 0.717) is 40.8 Å². The predicted octanol–water partition coefficient (Wildman–Crippen LogP) is 4.09. The van der Waals surface area contributed by atoms with Gasteiger partial charge in [-0.3, -0.25) is 14.5 Å². The van der Waals surface area contributed by atoms with E-state index in [1.807, 2.05) is 13.8 Å². The van der Waals surface area contributed by atoms with Gasteiger partial charge in [-0.1, -0.05) is 6.92 Å². The Kier molecular flexibility index (Phi) is 9.15. The van der Waals surface area contributed by atoms with Crippen LogP contribution in [-0.2, 0) is 13.0 Å². The number of hydrogen-bond donors (Lipinski definition) is 2. The number of carbonyl (C=O) groups is 2. The van der Waals surface area contributed by atoms with Crippen LogP contribution in [0, 0.1) is 0 Å². The molecule has 1 aliphatic rings. The van der Waals surface area contributed by atoms with Crippen LogP contribution < -0.4 is 20.5 Å². The Bertz CT molecular complexity index is 932. The highest BCUT2D eigenvalue weighted by atomic mass is 35.5. The Morgan fingerprint density at radius 1 is 1.16 bits per heavy atom. The van der Waals surface area contributed by atoms with Crippen molar-refractivity contribution in [3.8, 4) is 11.5 Å².